The smallest absolute Gasteiger partial charge is 0.314 e. The van der Waals surface area contributed by atoms with Crippen LogP contribution in [-0.4, -0.2) is 19.1 Å². The molecule has 1 atom stereocenters. The molecule has 27 heavy (non-hydrogen) atoms. The number of nitro benzene ring substituents is 1. The Morgan fingerprint density at radius 1 is 0.852 bits per heavy atom. The van der Waals surface area contributed by atoms with Gasteiger partial charge in [-0.3, -0.25) is 19.7 Å². The van der Waals surface area contributed by atoms with Gasteiger partial charge in [-0.1, -0.05) is 30.3 Å². The minimum atomic E-state index is -1.86. The van der Waals surface area contributed by atoms with Crippen molar-refractivity contribution in [3.63, 3.8) is 0 Å². The minimum Gasteiger partial charge on any atom is -0.316 e. The molecule has 1 aromatic heterocycles. The third-order valence-electron chi connectivity index (χ3n) is 4.13. The Kier molecular flexibility index (Phi) is 3.93. The fourth-order valence-electron chi connectivity index (χ4n) is 2.83. The van der Waals surface area contributed by atoms with Gasteiger partial charge in [0.05, 0.1) is 26.8 Å². The van der Waals surface area contributed by atoms with E-state index in [4.69, 9.17) is 0 Å². The monoisotopic (exact) mass is 381 g/mol. The molecule has 0 aliphatic heterocycles. The summed E-state index contributed by atoms with van der Waals surface area (Å²) in [4.78, 5) is 38.7. The Morgan fingerprint density at radius 2 is 1.48 bits per heavy atom. The van der Waals surface area contributed by atoms with Crippen LogP contribution in [0.5, 0.6) is 0 Å². The lowest BCUT2D eigenvalue weighted by atomic mass is 10.1. The zero-order valence-corrected chi connectivity index (χ0v) is 14.4. The van der Waals surface area contributed by atoms with Crippen molar-refractivity contribution in [1.82, 2.24) is 9.97 Å². The number of aromatic amines is 2. The van der Waals surface area contributed by atoms with Gasteiger partial charge in [0, 0.05) is 11.0 Å². The molecule has 1 heterocycles. The number of H-pyrrole nitrogens is 2. The maximum absolute atomic E-state index is 13.1. The third kappa shape index (κ3) is 2.93. The van der Waals surface area contributed by atoms with E-state index in [0.717, 1.165) is 16.8 Å². The van der Waals surface area contributed by atoms with Gasteiger partial charge in [-0.25, -0.2) is 4.21 Å². The molecule has 2 N–H and O–H groups in total. The Labute approximate surface area is 153 Å². The van der Waals surface area contributed by atoms with Crippen molar-refractivity contribution < 1.29 is 9.13 Å². The number of nitro groups is 1. The Morgan fingerprint density at radius 3 is 2.15 bits per heavy atom. The largest absolute Gasteiger partial charge is 0.316 e. The lowest BCUT2D eigenvalue weighted by Gasteiger charge is -2.07. The van der Waals surface area contributed by atoms with Crippen LogP contribution in [0.25, 0.3) is 21.8 Å². The van der Waals surface area contributed by atoms with E-state index in [9.17, 15) is 23.9 Å². The van der Waals surface area contributed by atoms with Gasteiger partial charge in [-0.2, -0.15) is 0 Å². The number of rotatable bonds is 3. The third-order valence-corrected chi connectivity index (χ3v) is 5.54. The van der Waals surface area contributed by atoms with Gasteiger partial charge in [0.1, 0.15) is 4.90 Å². The number of nitrogens with zero attached hydrogens (tertiary/aromatic N) is 1. The summed E-state index contributed by atoms with van der Waals surface area (Å²) < 4.78 is 13.1. The molecule has 9 heteroatoms. The van der Waals surface area contributed by atoms with Crippen LogP contribution in [0, 0.1) is 10.1 Å². The number of aromatic nitrogens is 2. The molecule has 8 nitrogen and oxygen atoms in total. The molecule has 0 saturated heterocycles. The van der Waals surface area contributed by atoms with Gasteiger partial charge in [0.2, 0.25) is 0 Å². The van der Waals surface area contributed by atoms with Crippen molar-refractivity contribution in [2.75, 3.05) is 0 Å². The molecule has 0 aliphatic rings. The maximum atomic E-state index is 13.1. The zero-order chi connectivity index (χ0) is 19.1. The molecule has 0 bridgehead atoms. The second-order valence-corrected chi connectivity index (χ2v) is 7.26. The molecule has 0 aliphatic carbocycles. The van der Waals surface area contributed by atoms with Crippen LogP contribution in [0.1, 0.15) is 0 Å². The first-order chi connectivity index (χ1) is 12.9. The number of fused-ring (bicyclic) bond motifs is 2. The van der Waals surface area contributed by atoms with Gasteiger partial charge >= 0.3 is 11.1 Å². The van der Waals surface area contributed by atoms with E-state index in [2.05, 4.69) is 9.97 Å². The molecule has 0 saturated carbocycles. The average Bonchev–Trinajstić information content (AvgIpc) is 2.67. The summed E-state index contributed by atoms with van der Waals surface area (Å²) in [5.41, 5.74) is -1.96. The van der Waals surface area contributed by atoms with Crippen LogP contribution in [0.15, 0.2) is 74.0 Å². The predicted molar refractivity (Wildman–Crippen MR) is 100 cm³/mol. The molecule has 4 rings (SSSR count). The fourth-order valence-corrected chi connectivity index (χ4v) is 4.06. The van der Waals surface area contributed by atoms with Crippen LogP contribution < -0.4 is 11.1 Å². The average molecular weight is 381 g/mol. The topological polar surface area (TPSA) is 126 Å². The van der Waals surface area contributed by atoms with Crippen LogP contribution in [0.2, 0.25) is 0 Å². The van der Waals surface area contributed by atoms with E-state index in [0.29, 0.717) is 4.90 Å². The van der Waals surface area contributed by atoms with Gasteiger partial charge < -0.3 is 9.97 Å². The summed E-state index contributed by atoms with van der Waals surface area (Å²) in [6, 6.07) is 15.0. The number of hydrogen-bond acceptors (Lipinski definition) is 5. The minimum absolute atomic E-state index is 0.0644. The Bertz CT molecular complexity index is 1370. The first-order valence-corrected chi connectivity index (χ1v) is 8.94. The second kappa shape index (κ2) is 6.29. The van der Waals surface area contributed by atoms with E-state index < -0.39 is 32.5 Å². The summed E-state index contributed by atoms with van der Waals surface area (Å²) in [5.74, 6) is 0. The van der Waals surface area contributed by atoms with E-state index in [1.165, 1.54) is 6.07 Å². The van der Waals surface area contributed by atoms with Gasteiger partial charge in [0.25, 0.3) is 5.69 Å². The molecule has 1 unspecified atom stereocenters. The van der Waals surface area contributed by atoms with Gasteiger partial charge in [-0.05, 0) is 29.0 Å². The van der Waals surface area contributed by atoms with Crippen molar-refractivity contribution in [2.24, 2.45) is 0 Å². The lowest BCUT2D eigenvalue weighted by Crippen LogP contribution is -2.29. The van der Waals surface area contributed by atoms with Crippen molar-refractivity contribution >= 4 is 38.3 Å². The van der Waals surface area contributed by atoms with Crippen molar-refractivity contribution in [1.29, 1.82) is 0 Å². The molecule has 0 amide bonds. The highest BCUT2D eigenvalue weighted by atomic mass is 32.2. The van der Waals surface area contributed by atoms with Crippen molar-refractivity contribution in [2.45, 2.75) is 9.79 Å². The van der Waals surface area contributed by atoms with Crippen LogP contribution >= 0.6 is 0 Å². The molecular weight excluding hydrogens is 370 g/mol. The normalized spacial score (nSPS) is 12.3. The second-order valence-electron chi connectivity index (χ2n) is 5.81. The van der Waals surface area contributed by atoms with E-state index >= 15 is 0 Å². The molecular formula is C18H11N3O5S. The van der Waals surface area contributed by atoms with Crippen LogP contribution in [0.4, 0.5) is 5.69 Å². The molecule has 0 spiro atoms. The molecule has 3 aromatic carbocycles. The number of benzene rings is 3. The highest BCUT2D eigenvalue weighted by Crippen LogP contribution is 2.30. The lowest BCUT2D eigenvalue weighted by molar-refractivity contribution is -0.387. The van der Waals surface area contributed by atoms with E-state index in [1.54, 1.807) is 18.2 Å². The molecule has 4 aromatic rings. The van der Waals surface area contributed by atoms with Crippen LogP contribution in [-0.2, 0) is 10.8 Å². The predicted octanol–water partition coefficient (Wildman–Crippen LogP) is 2.44. The fraction of sp³-hybridized carbons (Fsp3) is 0. The maximum Gasteiger partial charge on any atom is 0.314 e. The quantitative estimate of drug-likeness (QED) is 0.320. The Hall–Kier alpha value is -3.59. The van der Waals surface area contributed by atoms with Gasteiger partial charge in [-0.15, -0.1) is 0 Å². The summed E-state index contributed by atoms with van der Waals surface area (Å²) in [6.45, 7) is 0. The summed E-state index contributed by atoms with van der Waals surface area (Å²) >= 11 is 0. The Balaban J connectivity index is 1.94. The first kappa shape index (κ1) is 16.9. The van der Waals surface area contributed by atoms with Crippen molar-refractivity contribution in [3.05, 3.63) is 85.4 Å². The zero-order valence-electron chi connectivity index (χ0n) is 13.6. The summed E-state index contributed by atoms with van der Waals surface area (Å²) in [6.07, 6.45) is 0. The first-order valence-electron chi connectivity index (χ1n) is 7.79. The highest BCUT2D eigenvalue weighted by Gasteiger charge is 2.22. The van der Waals surface area contributed by atoms with Gasteiger partial charge in [0.15, 0.2) is 0 Å². The number of nitrogens with one attached hydrogen (secondary N) is 2. The number of hydrogen-bond donors (Lipinski definition) is 2. The van der Waals surface area contributed by atoms with E-state index in [1.807, 2.05) is 24.3 Å². The molecule has 134 valence electrons. The standard InChI is InChI=1S/C18H11N3O5S/c22-17-18(23)20-14-9-16(15(21(24)25)8-13(14)19-17)27(26)12-6-5-10-3-1-2-4-11(10)7-12/h1-9H,(H,19,22)(H,20,23). The molecule has 0 radical (unpaired) electrons. The van der Waals surface area contributed by atoms with Crippen molar-refractivity contribution in [3.8, 4) is 0 Å². The molecule has 0 fully saturated rings. The van der Waals surface area contributed by atoms with E-state index in [-0.39, 0.29) is 15.9 Å². The SMILES string of the molecule is O=c1[nH]c2cc([N+](=O)[O-])c(S(=O)c3ccc4ccccc4c3)cc2[nH]c1=O. The summed E-state index contributed by atoms with van der Waals surface area (Å²) in [7, 11) is -1.86. The highest BCUT2D eigenvalue weighted by molar-refractivity contribution is 7.85. The van der Waals surface area contributed by atoms with Crippen LogP contribution in [0.3, 0.4) is 0 Å². The summed E-state index contributed by atoms with van der Waals surface area (Å²) in [5, 5.41) is 13.3.